The van der Waals surface area contributed by atoms with Gasteiger partial charge in [0.1, 0.15) is 0 Å². The largest absolute Gasteiger partial charge is 0.334 e. The van der Waals surface area contributed by atoms with E-state index in [1.165, 1.54) is 0 Å². The maximum Gasteiger partial charge on any atom is 0.228 e. The number of amides is 1. The third-order valence-electron chi connectivity index (χ3n) is 5.63. The molecule has 1 aromatic carbocycles. The van der Waals surface area contributed by atoms with Gasteiger partial charge in [0, 0.05) is 18.5 Å². The Kier molecular flexibility index (Phi) is 7.13. The number of rotatable bonds is 9. The van der Waals surface area contributed by atoms with Gasteiger partial charge in [-0.3, -0.25) is 4.79 Å². The van der Waals surface area contributed by atoms with E-state index in [0.29, 0.717) is 24.3 Å². The summed E-state index contributed by atoms with van der Waals surface area (Å²) in [5, 5.41) is 0.0262. The minimum absolute atomic E-state index is 0.0227. The first kappa shape index (κ1) is 22.3. The first-order valence-electron chi connectivity index (χ1n) is 10.6. The molecule has 0 saturated heterocycles. The molecule has 162 valence electrons. The summed E-state index contributed by atoms with van der Waals surface area (Å²) < 4.78 is 27.8. The van der Waals surface area contributed by atoms with Gasteiger partial charge in [0.05, 0.1) is 24.2 Å². The van der Waals surface area contributed by atoms with Crippen LogP contribution in [0.3, 0.4) is 0 Å². The van der Waals surface area contributed by atoms with Crippen LogP contribution in [0, 0.1) is 5.92 Å². The number of carbonyl (C=O) groups excluding carboxylic acids is 1. The summed E-state index contributed by atoms with van der Waals surface area (Å²) in [6.07, 6.45) is 7.30. The van der Waals surface area contributed by atoms with E-state index in [1.54, 1.807) is 29.0 Å². The predicted octanol–water partition coefficient (Wildman–Crippen LogP) is 3.97. The Morgan fingerprint density at radius 3 is 2.53 bits per heavy atom. The van der Waals surface area contributed by atoms with Crippen molar-refractivity contribution in [3.8, 4) is 0 Å². The SMILES string of the molecule is C=CCn1c(CN(C(=O)C2CCCC2)C(C)C)cnc1S(=O)(=O)Cc1ccccc1. The normalized spacial score (nSPS) is 14.9. The summed E-state index contributed by atoms with van der Waals surface area (Å²) in [5.41, 5.74) is 1.43. The van der Waals surface area contributed by atoms with E-state index in [9.17, 15) is 13.2 Å². The average molecular weight is 430 g/mol. The maximum absolute atomic E-state index is 13.1. The standard InChI is InChI=1S/C23H31N3O3S/c1-4-14-25-21(16-26(18(2)3)22(27)20-12-8-9-13-20)15-24-23(25)30(28,29)17-19-10-6-5-7-11-19/h4-7,10-11,15,18,20H,1,8-9,12-14,16-17H2,2-3H3. The molecule has 0 radical (unpaired) electrons. The summed E-state index contributed by atoms with van der Waals surface area (Å²) in [4.78, 5) is 19.2. The molecule has 6 nitrogen and oxygen atoms in total. The number of benzene rings is 1. The van der Waals surface area contributed by atoms with Crippen molar-refractivity contribution in [3.63, 3.8) is 0 Å². The zero-order valence-electron chi connectivity index (χ0n) is 17.8. The second-order valence-electron chi connectivity index (χ2n) is 8.22. The van der Waals surface area contributed by atoms with Crippen LogP contribution < -0.4 is 0 Å². The van der Waals surface area contributed by atoms with Crippen molar-refractivity contribution >= 4 is 15.7 Å². The number of hydrogen-bond donors (Lipinski definition) is 0. The molecule has 1 saturated carbocycles. The van der Waals surface area contributed by atoms with Gasteiger partial charge in [-0.1, -0.05) is 49.2 Å². The molecule has 1 aliphatic rings. The quantitative estimate of drug-likeness (QED) is 0.566. The molecule has 1 fully saturated rings. The number of carbonyl (C=O) groups is 1. The van der Waals surface area contributed by atoms with E-state index in [1.807, 2.05) is 36.9 Å². The van der Waals surface area contributed by atoms with Gasteiger partial charge in [-0.15, -0.1) is 6.58 Å². The second kappa shape index (κ2) is 9.60. The lowest BCUT2D eigenvalue weighted by molar-refractivity contribution is -0.137. The van der Waals surface area contributed by atoms with Crippen LogP contribution in [0.1, 0.15) is 50.8 Å². The van der Waals surface area contributed by atoms with Crippen LogP contribution in [0.2, 0.25) is 0 Å². The molecule has 1 aromatic heterocycles. The Balaban J connectivity index is 1.89. The van der Waals surface area contributed by atoms with Crippen molar-refractivity contribution in [2.45, 2.75) is 69.6 Å². The highest BCUT2D eigenvalue weighted by Gasteiger charge is 2.30. The summed E-state index contributed by atoms with van der Waals surface area (Å²) in [7, 11) is -3.64. The van der Waals surface area contributed by atoms with Crippen LogP contribution in [0.4, 0.5) is 0 Å². The molecule has 2 aromatic rings. The van der Waals surface area contributed by atoms with Crippen LogP contribution in [0.5, 0.6) is 0 Å². The molecule has 1 aliphatic carbocycles. The molecule has 1 amide bonds. The highest BCUT2D eigenvalue weighted by atomic mass is 32.2. The number of aromatic nitrogens is 2. The van der Waals surface area contributed by atoms with Crippen molar-refractivity contribution in [2.75, 3.05) is 0 Å². The number of hydrogen-bond acceptors (Lipinski definition) is 4. The summed E-state index contributed by atoms with van der Waals surface area (Å²) in [6.45, 7) is 8.42. The second-order valence-corrected chi connectivity index (χ2v) is 10.1. The Labute approximate surface area is 179 Å². The zero-order chi connectivity index (χ0) is 21.7. The van der Waals surface area contributed by atoms with Crippen LogP contribution in [-0.2, 0) is 33.5 Å². The number of imidazole rings is 1. The third-order valence-corrected chi connectivity index (χ3v) is 7.23. The lowest BCUT2D eigenvalue weighted by Crippen LogP contribution is -2.40. The Bertz CT molecular complexity index is 974. The first-order chi connectivity index (χ1) is 14.3. The van der Waals surface area contributed by atoms with E-state index in [2.05, 4.69) is 11.6 Å². The summed E-state index contributed by atoms with van der Waals surface area (Å²) in [5.74, 6) is 0.114. The van der Waals surface area contributed by atoms with Gasteiger partial charge in [0.15, 0.2) is 0 Å². The molecule has 0 spiro atoms. The fraction of sp³-hybridized carbons (Fsp3) is 0.478. The molecule has 3 rings (SSSR count). The van der Waals surface area contributed by atoms with E-state index in [4.69, 9.17) is 0 Å². The highest BCUT2D eigenvalue weighted by Crippen LogP contribution is 2.28. The Morgan fingerprint density at radius 1 is 1.27 bits per heavy atom. The molecule has 0 unspecified atom stereocenters. The molecule has 1 heterocycles. The topological polar surface area (TPSA) is 72.3 Å². The minimum Gasteiger partial charge on any atom is -0.334 e. The van der Waals surface area contributed by atoms with Gasteiger partial charge >= 0.3 is 0 Å². The molecule has 30 heavy (non-hydrogen) atoms. The minimum atomic E-state index is -3.64. The van der Waals surface area contributed by atoms with E-state index < -0.39 is 9.84 Å². The number of sulfone groups is 1. The van der Waals surface area contributed by atoms with E-state index in [0.717, 1.165) is 25.7 Å². The van der Waals surface area contributed by atoms with E-state index in [-0.39, 0.29) is 28.8 Å². The lowest BCUT2D eigenvalue weighted by Gasteiger charge is -2.29. The molecule has 7 heteroatoms. The Morgan fingerprint density at radius 2 is 1.93 bits per heavy atom. The molecule has 0 bridgehead atoms. The van der Waals surface area contributed by atoms with Crippen LogP contribution >= 0.6 is 0 Å². The van der Waals surface area contributed by atoms with E-state index >= 15 is 0 Å². The number of nitrogens with zero attached hydrogens (tertiary/aromatic N) is 3. The average Bonchev–Trinajstić information content (AvgIpc) is 3.37. The summed E-state index contributed by atoms with van der Waals surface area (Å²) in [6, 6.07) is 9.10. The first-order valence-corrected chi connectivity index (χ1v) is 12.2. The van der Waals surface area contributed by atoms with Crippen LogP contribution in [0.15, 0.2) is 54.3 Å². The fourth-order valence-electron chi connectivity index (χ4n) is 4.05. The maximum atomic E-state index is 13.1. The van der Waals surface area contributed by atoms with Crippen molar-refractivity contribution < 1.29 is 13.2 Å². The van der Waals surface area contributed by atoms with Crippen molar-refractivity contribution in [2.24, 2.45) is 5.92 Å². The summed E-state index contributed by atoms with van der Waals surface area (Å²) >= 11 is 0. The molecular formula is C23H31N3O3S. The zero-order valence-corrected chi connectivity index (χ0v) is 18.6. The smallest absolute Gasteiger partial charge is 0.228 e. The predicted molar refractivity (Wildman–Crippen MR) is 117 cm³/mol. The van der Waals surface area contributed by atoms with Crippen molar-refractivity contribution in [3.05, 3.63) is 60.4 Å². The van der Waals surface area contributed by atoms with Gasteiger partial charge in [-0.25, -0.2) is 13.4 Å². The molecule has 0 N–H and O–H groups in total. The fourth-order valence-corrected chi connectivity index (χ4v) is 5.55. The van der Waals surface area contributed by atoms with Gasteiger partial charge < -0.3 is 9.47 Å². The van der Waals surface area contributed by atoms with Crippen LogP contribution in [0.25, 0.3) is 0 Å². The highest BCUT2D eigenvalue weighted by molar-refractivity contribution is 7.90. The molecule has 0 atom stereocenters. The van der Waals surface area contributed by atoms with Gasteiger partial charge in [0.25, 0.3) is 0 Å². The molecule has 0 aliphatic heterocycles. The monoisotopic (exact) mass is 429 g/mol. The van der Waals surface area contributed by atoms with Crippen LogP contribution in [-0.4, -0.2) is 34.8 Å². The van der Waals surface area contributed by atoms with Gasteiger partial charge in [-0.05, 0) is 32.3 Å². The lowest BCUT2D eigenvalue weighted by atomic mass is 10.1. The van der Waals surface area contributed by atoms with Gasteiger partial charge in [0.2, 0.25) is 20.9 Å². The number of allylic oxidation sites excluding steroid dienone is 1. The van der Waals surface area contributed by atoms with Crippen molar-refractivity contribution in [1.82, 2.24) is 14.5 Å². The van der Waals surface area contributed by atoms with Crippen molar-refractivity contribution in [1.29, 1.82) is 0 Å². The molecular weight excluding hydrogens is 398 g/mol. The third kappa shape index (κ3) is 5.01. The van der Waals surface area contributed by atoms with Gasteiger partial charge in [-0.2, -0.15) is 0 Å². The Hall–Kier alpha value is -2.41.